The molecule has 0 atom stereocenters. The maximum absolute atomic E-state index is 11.5. The Morgan fingerprint density at radius 3 is 2.60 bits per heavy atom. The molecule has 0 aromatic heterocycles. The standard InChI is InChI=1S/C10H11IN2O2/c1-12-11-13-10(15)7-9(14)8-5-3-2-4-6-8/h2-6,12H,1,7H2,(H,13,15). The van der Waals surface area contributed by atoms with Gasteiger partial charge in [0.2, 0.25) is 0 Å². The van der Waals surface area contributed by atoms with Crippen molar-refractivity contribution < 1.29 is 34.5 Å². The fraction of sp³-hybridized carbons (Fsp3) is 0.100. The third-order valence-corrected chi connectivity index (χ3v) is 2.89. The van der Waals surface area contributed by atoms with Crippen LogP contribution in [-0.4, -0.2) is 18.4 Å². The number of ketones is 1. The molecule has 1 aromatic carbocycles. The molecule has 0 aliphatic heterocycles. The molecule has 1 amide bonds. The summed E-state index contributed by atoms with van der Waals surface area (Å²) in [4.78, 5) is 22.7. The van der Waals surface area contributed by atoms with Gasteiger partial charge in [-0.05, 0) is 0 Å². The molecular formula is C10H11IN2O2. The molecule has 15 heavy (non-hydrogen) atoms. The summed E-state index contributed by atoms with van der Waals surface area (Å²) in [6.45, 7) is 3.39. The van der Waals surface area contributed by atoms with Gasteiger partial charge in [0.1, 0.15) is 0 Å². The summed E-state index contributed by atoms with van der Waals surface area (Å²) in [5.74, 6) is -0.422. The van der Waals surface area contributed by atoms with Crippen LogP contribution in [0.3, 0.4) is 0 Å². The Balaban J connectivity index is 2.49. The SMILES string of the molecule is C=[NH+][I-]NC(=O)CC(=O)c1ccccc1. The number of carbonyl (C=O) groups is 2. The van der Waals surface area contributed by atoms with E-state index in [4.69, 9.17) is 0 Å². The number of carbonyl (C=O) groups excluding carboxylic acids is 2. The summed E-state index contributed by atoms with van der Waals surface area (Å²) in [5.41, 5.74) is 0.563. The molecular weight excluding hydrogens is 307 g/mol. The van der Waals surface area contributed by atoms with Gasteiger partial charge in [-0.15, -0.1) is 0 Å². The normalized spacial score (nSPS) is 9.60. The van der Waals surface area contributed by atoms with Crippen LogP contribution in [0.1, 0.15) is 16.8 Å². The number of halogens is 1. The van der Waals surface area contributed by atoms with Gasteiger partial charge in [-0.3, -0.25) is 0 Å². The summed E-state index contributed by atoms with van der Waals surface area (Å²) in [6, 6.07) is 8.77. The molecule has 0 radical (unpaired) electrons. The molecule has 2 N–H and O–H groups in total. The van der Waals surface area contributed by atoms with E-state index in [2.05, 4.69) is 13.5 Å². The first kappa shape index (κ1) is 11.8. The molecule has 5 heteroatoms. The number of benzene rings is 1. The molecule has 0 fully saturated rings. The fourth-order valence-electron chi connectivity index (χ4n) is 0.991. The zero-order chi connectivity index (χ0) is 11.1. The summed E-state index contributed by atoms with van der Waals surface area (Å²) in [7, 11) is 0. The van der Waals surface area contributed by atoms with Crippen LogP contribution in [0.15, 0.2) is 30.3 Å². The van der Waals surface area contributed by atoms with Crippen molar-refractivity contribution in [2.75, 3.05) is 0 Å². The molecule has 0 saturated heterocycles. The Labute approximate surface area is 98.8 Å². The molecule has 1 aromatic rings. The van der Waals surface area contributed by atoms with Crippen molar-refractivity contribution in [2.24, 2.45) is 0 Å². The number of hydrogen-bond acceptors (Lipinski definition) is 2. The molecule has 0 heterocycles. The van der Waals surface area contributed by atoms with E-state index in [0.29, 0.717) is 5.56 Å². The van der Waals surface area contributed by atoms with Crippen LogP contribution in [0.25, 0.3) is 0 Å². The zero-order valence-electron chi connectivity index (χ0n) is 8.00. The predicted octanol–water partition coefficient (Wildman–Crippen LogP) is -3.92. The van der Waals surface area contributed by atoms with Gasteiger partial charge < -0.3 is 0 Å². The van der Waals surface area contributed by atoms with Gasteiger partial charge in [-0.1, -0.05) is 0 Å². The van der Waals surface area contributed by atoms with E-state index in [9.17, 15) is 9.59 Å². The molecule has 80 valence electrons. The molecule has 0 aliphatic rings. The zero-order valence-corrected chi connectivity index (χ0v) is 10.2. The Morgan fingerprint density at radius 2 is 2.00 bits per heavy atom. The topological polar surface area (TPSA) is 60.1 Å². The summed E-state index contributed by atoms with van der Waals surface area (Å²) >= 11 is -0.627. The van der Waals surface area contributed by atoms with E-state index < -0.39 is 21.8 Å². The first-order chi connectivity index (χ1) is 7.24. The molecule has 0 bridgehead atoms. The van der Waals surface area contributed by atoms with Crippen molar-refractivity contribution in [3.05, 3.63) is 35.9 Å². The average molecular weight is 318 g/mol. The van der Waals surface area contributed by atoms with E-state index in [-0.39, 0.29) is 18.1 Å². The van der Waals surface area contributed by atoms with Gasteiger partial charge in [-0.2, -0.15) is 0 Å². The van der Waals surface area contributed by atoms with E-state index in [1.165, 1.54) is 0 Å². The second-order valence-corrected chi connectivity index (χ2v) is 4.55. The second kappa shape index (κ2) is 6.28. The molecule has 0 unspecified atom stereocenters. The number of hydrogen-bond donors (Lipinski definition) is 2. The molecule has 4 nitrogen and oxygen atoms in total. The predicted molar refractivity (Wildman–Crippen MR) is 51.6 cm³/mol. The third-order valence-electron chi connectivity index (χ3n) is 1.64. The van der Waals surface area contributed by atoms with Crippen LogP contribution < -0.4 is 28.5 Å². The van der Waals surface area contributed by atoms with E-state index >= 15 is 0 Å². The van der Waals surface area contributed by atoms with E-state index in [1.807, 2.05) is 6.07 Å². The minimum absolute atomic E-state index is 0.106. The molecule has 1 rings (SSSR count). The number of nitrogens with one attached hydrogen (secondary N) is 2. The van der Waals surface area contributed by atoms with Crippen LogP contribution in [0.2, 0.25) is 0 Å². The monoisotopic (exact) mass is 318 g/mol. The van der Waals surface area contributed by atoms with Crippen LogP contribution in [0, 0.1) is 0 Å². The van der Waals surface area contributed by atoms with Crippen molar-refractivity contribution in [1.82, 2.24) is 3.53 Å². The number of Topliss-reactive ketones (excluding diaryl/α,β-unsaturated/α-hetero) is 1. The van der Waals surface area contributed by atoms with Gasteiger partial charge in [0, 0.05) is 0 Å². The van der Waals surface area contributed by atoms with Crippen molar-refractivity contribution >= 4 is 18.4 Å². The molecule has 0 saturated carbocycles. The first-order valence-corrected chi connectivity index (χ1v) is 6.42. The van der Waals surface area contributed by atoms with E-state index in [1.54, 1.807) is 24.3 Å². The quantitative estimate of drug-likeness (QED) is 0.192. The Morgan fingerprint density at radius 1 is 1.33 bits per heavy atom. The van der Waals surface area contributed by atoms with E-state index in [0.717, 1.165) is 0 Å². The summed E-state index contributed by atoms with van der Waals surface area (Å²) in [5, 5.41) is 0. The molecule has 0 spiro atoms. The van der Waals surface area contributed by atoms with Crippen LogP contribution >= 0.6 is 0 Å². The number of amides is 1. The Kier molecular flexibility index (Phi) is 4.96. The van der Waals surface area contributed by atoms with Crippen molar-refractivity contribution in [3.8, 4) is 0 Å². The van der Waals surface area contributed by atoms with Gasteiger partial charge >= 0.3 is 98.8 Å². The van der Waals surface area contributed by atoms with Crippen LogP contribution in [0.5, 0.6) is 0 Å². The van der Waals surface area contributed by atoms with Gasteiger partial charge in [0.15, 0.2) is 0 Å². The second-order valence-electron chi connectivity index (χ2n) is 2.71. The Bertz CT molecular complexity index is 365. The van der Waals surface area contributed by atoms with Crippen LogP contribution in [0.4, 0.5) is 0 Å². The van der Waals surface area contributed by atoms with Gasteiger partial charge in [0.25, 0.3) is 0 Å². The summed E-state index contributed by atoms with van der Waals surface area (Å²) < 4.78 is 5.24. The first-order valence-electron chi connectivity index (χ1n) is 4.26. The van der Waals surface area contributed by atoms with Crippen molar-refractivity contribution in [3.63, 3.8) is 0 Å². The summed E-state index contributed by atoms with van der Waals surface area (Å²) in [6.07, 6.45) is -0.106. The van der Waals surface area contributed by atoms with Gasteiger partial charge in [-0.25, -0.2) is 0 Å². The van der Waals surface area contributed by atoms with Crippen LogP contribution in [-0.2, 0) is 4.79 Å². The third kappa shape index (κ3) is 4.20. The minimum atomic E-state index is -0.627. The Hall–Kier alpha value is -1.24. The van der Waals surface area contributed by atoms with Gasteiger partial charge in [0.05, 0.1) is 0 Å². The molecule has 0 aliphatic carbocycles. The number of rotatable bonds is 5. The maximum atomic E-state index is 11.5. The average Bonchev–Trinajstić information content (AvgIpc) is 2.27. The van der Waals surface area contributed by atoms with Crippen molar-refractivity contribution in [1.29, 1.82) is 0 Å². The fourth-order valence-corrected chi connectivity index (χ4v) is 1.67. The van der Waals surface area contributed by atoms with Crippen molar-refractivity contribution in [2.45, 2.75) is 6.42 Å².